The maximum Gasteiger partial charge on any atom is 0.254 e. The molecule has 3 N–H and O–H groups in total. The van der Waals surface area contributed by atoms with Gasteiger partial charge in [0.05, 0.1) is 12.7 Å². The van der Waals surface area contributed by atoms with E-state index in [9.17, 15) is 4.79 Å². The molecule has 0 atom stereocenters. The van der Waals surface area contributed by atoms with E-state index < -0.39 is 0 Å². The minimum atomic E-state index is -0.156. The fraction of sp³-hybridized carbons (Fsp3) is 0.333. The molecule has 1 saturated carbocycles. The number of ether oxygens (including phenoxy) is 1. The van der Waals surface area contributed by atoms with Gasteiger partial charge in [-0.1, -0.05) is 18.2 Å². The summed E-state index contributed by atoms with van der Waals surface area (Å²) in [5, 5.41) is 0. The number of benzene rings is 1. The summed E-state index contributed by atoms with van der Waals surface area (Å²) in [5.41, 5.74) is 7.51. The number of H-pyrrole nitrogens is 1. The van der Waals surface area contributed by atoms with E-state index in [2.05, 4.69) is 9.97 Å². The highest BCUT2D eigenvalue weighted by Gasteiger charge is 2.26. The van der Waals surface area contributed by atoms with E-state index in [1.54, 1.807) is 0 Å². The summed E-state index contributed by atoms with van der Waals surface area (Å²) in [6.07, 6.45) is 2.87. The Hall–Kier alpha value is -2.30. The number of hydrogen-bond acceptors (Lipinski definition) is 4. The molecule has 1 fully saturated rings. The van der Waals surface area contributed by atoms with Crippen LogP contribution in [0.2, 0.25) is 0 Å². The molecule has 1 aliphatic rings. The van der Waals surface area contributed by atoms with E-state index in [1.165, 1.54) is 6.07 Å². The lowest BCUT2D eigenvalue weighted by Crippen LogP contribution is -2.13. The SMILES string of the molecule is Nc1ccccc1CCOc1cc(=O)[nH]c(C2CC2)n1. The number of nitrogens with one attached hydrogen (secondary N) is 1. The van der Waals surface area contributed by atoms with Crippen LogP contribution in [0.4, 0.5) is 5.69 Å². The monoisotopic (exact) mass is 271 g/mol. The van der Waals surface area contributed by atoms with Crippen molar-refractivity contribution in [3.8, 4) is 5.88 Å². The van der Waals surface area contributed by atoms with Crippen molar-refractivity contribution < 1.29 is 4.74 Å². The molecule has 0 aliphatic heterocycles. The molecule has 1 aromatic heterocycles. The summed E-state index contributed by atoms with van der Waals surface area (Å²) in [6, 6.07) is 9.08. The molecule has 1 aliphatic carbocycles. The molecule has 20 heavy (non-hydrogen) atoms. The highest BCUT2D eigenvalue weighted by Crippen LogP contribution is 2.37. The van der Waals surface area contributed by atoms with Gasteiger partial charge in [-0.15, -0.1) is 0 Å². The van der Waals surface area contributed by atoms with Crippen molar-refractivity contribution in [1.29, 1.82) is 0 Å². The molecule has 0 amide bonds. The molecule has 5 heteroatoms. The van der Waals surface area contributed by atoms with Crippen LogP contribution in [-0.2, 0) is 6.42 Å². The molecule has 0 bridgehead atoms. The third-order valence-electron chi connectivity index (χ3n) is 3.38. The second kappa shape index (κ2) is 5.36. The lowest BCUT2D eigenvalue weighted by molar-refractivity contribution is 0.307. The first kappa shape index (κ1) is 12.7. The number of aromatic nitrogens is 2. The van der Waals surface area contributed by atoms with Crippen LogP contribution in [0.5, 0.6) is 5.88 Å². The van der Waals surface area contributed by atoms with Crippen molar-refractivity contribution in [3.05, 3.63) is 52.1 Å². The van der Waals surface area contributed by atoms with Gasteiger partial charge in [0.15, 0.2) is 0 Å². The first-order valence-electron chi connectivity index (χ1n) is 6.80. The van der Waals surface area contributed by atoms with Gasteiger partial charge in [-0.05, 0) is 24.5 Å². The maximum absolute atomic E-state index is 11.5. The maximum atomic E-state index is 11.5. The molecule has 0 radical (unpaired) electrons. The number of anilines is 1. The summed E-state index contributed by atoms with van der Waals surface area (Å²) in [5.74, 6) is 1.54. The molecule has 2 aromatic rings. The van der Waals surface area contributed by atoms with Gasteiger partial charge in [0.25, 0.3) is 5.56 Å². The lowest BCUT2D eigenvalue weighted by Gasteiger charge is -2.08. The van der Waals surface area contributed by atoms with Gasteiger partial charge in [-0.3, -0.25) is 4.79 Å². The molecule has 3 rings (SSSR count). The van der Waals surface area contributed by atoms with Crippen LogP contribution in [0.1, 0.15) is 30.1 Å². The van der Waals surface area contributed by atoms with E-state index in [0.29, 0.717) is 24.8 Å². The van der Waals surface area contributed by atoms with Crippen LogP contribution in [0.3, 0.4) is 0 Å². The Kier molecular flexibility index (Phi) is 3.41. The van der Waals surface area contributed by atoms with Gasteiger partial charge >= 0.3 is 0 Å². The van der Waals surface area contributed by atoms with E-state index >= 15 is 0 Å². The fourth-order valence-electron chi connectivity index (χ4n) is 2.10. The van der Waals surface area contributed by atoms with Crippen molar-refractivity contribution >= 4 is 5.69 Å². The second-order valence-electron chi connectivity index (χ2n) is 5.04. The first-order valence-corrected chi connectivity index (χ1v) is 6.80. The summed E-state index contributed by atoms with van der Waals surface area (Å²) < 4.78 is 5.58. The summed E-state index contributed by atoms with van der Waals surface area (Å²) in [4.78, 5) is 18.6. The Balaban J connectivity index is 1.64. The lowest BCUT2D eigenvalue weighted by atomic mass is 10.1. The topological polar surface area (TPSA) is 81.0 Å². The quantitative estimate of drug-likeness (QED) is 0.813. The summed E-state index contributed by atoms with van der Waals surface area (Å²) in [7, 11) is 0. The molecule has 0 saturated heterocycles. The van der Waals surface area contributed by atoms with E-state index in [1.807, 2.05) is 24.3 Å². The number of nitrogen functional groups attached to an aromatic ring is 1. The number of para-hydroxylation sites is 1. The molecule has 1 aromatic carbocycles. The molecular weight excluding hydrogens is 254 g/mol. The number of aromatic amines is 1. The largest absolute Gasteiger partial charge is 0.477 e. The Morgan fingerprint density at radius 1 is 1.35 bits per heavy atom. The van der Waals surface area contributed by atoms with E-state index in [0.717, 1.165) is 29.9 Å². The van der Waals surface area contributed by atoms with Crippen LogP contribution >= 0.6 is 0 Å². The van der Waals surface area contributed by atoms with Gasteiger partial charge in [-0.2, -0.15) is 4.98 Å². The van der Waals surface area contributed by atoms with Crippen LogP contribution < -0.4 is 16.0 Å². The Morgan fingerprint density at radius 3 is 2.90 bits per heavy atom. The highest BCUT2D eigenvalue weighted by atomic mass is 16.5. The number of hydrogen-bond donors (Lipinski definition) is 2. The van der Waals surface area contributed by atoms with Crippen molar-refractivity contribution in [2.75, 3.05) is 12.3 Å². The van der Waals surface area contributed by atoms with E-state index in [-0.39, 0.29) is 5.56 Å². The number of nitrogens with zero attached hydrogens (tertiary/aromatic N) is 1. The van der Waals surface area contributed by atoms with Crippen LogP contribution in [0, 0.1) is 0 Å². The zero-order valence-electron chi connectivity index (χ0n) is 11.1. The van der Waals surface area contributed by atoms with Gasteiger partial charge in [-0.25, -0.2) is 0 Å². The molecule has 104 valence electrons. The average Bonchev–Trinajstić information content (AvgIpc) is 3.25. The summed E-state index contributed by atoms with van der Waals surface area (Å²) >= 11 is 0. The zero-order valence-corrected chi connectivity index (χ0v) is 11.1. The third kappa shape index (κ3) is 2.99. The normalized spacial score (nSPS) is 14.2. The van der Waals surface area contributed by atoms with Crippen molar-refractivity contribution in [3.63, 3.8) is 0 Å². The molecular formula is C15H17N3O2. The highest BCUT2D eigenvalue weighted by molar-refractivity contribution is 5.46. The second-order valence-corrected chi connectivity index (χ2v) is 5.04. The third-order valence-corrected chi connectivity index (χ3v) is 3.38. The van der Waals surface area contributed by atoms with Crippen LogP contribution in [0.25, 0.3) is 0 Å². The van der Waals surface area contributed by atoms with Gasteiger partial charge in [0.2, 0.25) is 5.88 Å². The molecule has 1 heterocycles. The van der Waals surface area contributed by atoms with Crippen LogP contribution in [0.15, 0.2) is 35.1 Å². The first-order chi connectivity index (χ1) is 9.72. The number of rotatable bonds is 5. The minimum Gasteiger partial charge on any atom is -0.477 e. The summed E-state index contributed by atoms with van der Waals surface area (Å²) in [6.45, 7) is 0.453. The van der Waals surface area contributed by atoms with E-state index in [4.69, 9.17) is 10.5 Å². The Bertz CT molecular complexity index is 662. The smallest absolute Gasteiger partial charge is 0.254 e. The zero-order chi connectivity index (χ0) is 13.9. The van der Waals surface area contributed by atoms with Gasteiger partial charge in [0, 0.05) is 18.0 Å². The molecule has 5 nitrogen and oxygen atoms in total. The van der Waals surface area contributed by atoms with Crippen molar-refractivity contribution in [2.24, 2.45) is 0 Å². The van der Waals surface area contributed by atoms with Crippen molar-refractivity contribution in [1.82, 2.24) is 9.97 Å². The average molecular weight is 271 g/mol. The molecule has 0 unspecified atom stereocenters. The van der Waals surface area contributed by atoms with Gasteiger partial charge < -0.3 is 15.5 Å². The standard InChI is InChI=1S/C15H17N3O2/c16-12-4-2-1-3-10(12)7-8-20-14-9-13(19)17-15(18-14)11-5-6-11/h1-4,9,11H,5-8,16H2,(H,17,18,19). The van der Waals surface area contributed by atoms with Crippen LogP contribution in [-0.4, -0.2) is 16.6 Å². The fourth-order valence-corrected chi connectivity index (χ4v) is 2.10. The molecule has 0 spiro atoms. The predicted octanol–water partition coefficient (Wildman–Crippen LogP) is 1.85. The van der Waals surface area contributed by atoms with Crippen molar-refractivity contribution in [2.45, 2.75) is 25.2 Å². The predicted molar refractivity (Wildman–Crippen MR) is 76.9 cm³/mol. The number of nitrogens with two attached hydrogens (primary N) is 1. The Labute approximate surface area is 116 Å². The Morgan fingerprint density at radius 2 is 2.15 bits per heavy atom. The minimum absolute atomic E-state index is 0.156. The van der Waals surface area contributed by atoms with Gasteiger partial charge in [0.1, 0.15) is 5.82 Å².